The van der Waals surface area contributed by atoms with E-state index in [-0.39, 0.29) is 0 Å². The van der Waals surface area contributed by atoms with Crippen molar-refractivity contribution in [3.63, 3.8) is 0 Å². The normalized spacial score (nSPS) is 45.7. The number of likely N-dealkylation sites (tertiary alicyclic amines) is 1. The standard InChI is InChI=1S/C12H21N/c1-2-6-10(7-3-1)13-11-8-4-5-9-12(11)13/h10-12H,1-9H2. The predicted octanol–water partition coefficient (Wildman–Crippen LogP) is 2.95. The molecular weight excluding hydrogens is 158 g/mol. The molecule has 2 atom stereocenters. The van der Waals surface area contributed by atoms with Gasteiger partial charge in [0.25, 0.3) is 0 Å². The average molecular weight is 179 g/mol. The van der Waals surface area contributed by atoms with Crippen LogP contribution in [0.5, 0.6) is 0 Å². The lowest BCUT2D eigenvalue weighted by atomic mass is 9.95. The predicted molar refractivity (Wildman–Crippen MR) is 54.8 cm³/mol. The van der Waals surface area contributed by atoms with Gasteiger partial charge in [0.2, 0.25) is 0 Å². The first-order chi connectivity index (χ1) is 6.47. The molecule has 0 spiro atoms. The van der Waals surface area contributed by atoms with Gasteiger partial charge in [0.1, 0.15) is 0 Å². The largest absolute Gasteiger partial charge is 0.291 e. The zero-order valence-electron chi connectivity index (χ0n) is 8.54. The Kier molecular flexibility index (Phi) is 2.08. The van der Waals surface area contributed by atoms with Gasteiger partial charge in [0, 0.05) is 18.1 Å². The highest BCUT2D eigenvalue weighted by atomic mass is 15.4. The van der Waals surface area contributed by atoms with Gasteiger partial charge in [-0.05, 0) is 25.7 Å². The van der Waals surface area contributed by atoms with Gasteiger partial charge in [-0.1, -0.05) is 32.1 Å². The monoisotopic (exact) mass is 179 g/mol. The van der Waals surface area contributed by atoms with Crippen molar-refractivity contribution in [2.45, 2.75) is 75.9 Å². The van der Waals surface area contributed by atoms with Crippen molar-refractivity contribution >= 4 is 0 Å². The molecule has 3 aliphatic rings. The smallest absolute Gasteiger partial charge is 0.0258 e. The van der Waals surface area contributed by atoms with E-state index in [1.807, 2.05) is 0 Å². The third kappa shape index (κ3) is 1.41. The molecule has 2 aliphatic carbocycles. The van der Waals surface area contributed by atoms with E-state index >= 15 is 0 Å². The maximum absolute atomic E-state index is 2.87. The van der Waals surface area contributed by atoms with Gasteiger partial charge in [-0.15, -0.1) is 0 Å². The minimum atomic E-state index is 1.00. The Morgan fingerprint density at radius 1 is 0.615 bits per heavy atom. The molecular formula is C12H21N. The SMILES string of the molecule is C1CCC(N2C3CCCCC32)CC1. The molecule has 0 aromatic rings. The Balaban J connectivity index is 1.60. The van der Waals surface area contributed by atoms with Gasteiger partial charge in [0.15, 0.2) is 0 Å². The van der Waals surface area contributed by atoms with Crippen LogP contribution in [0.2, 0.25) is 0 Å². The summed E-state index contributed by atoms with van der Waals surface area (Å²) in [5.41, 5.74) is 0. The van der Waals surface area contributed by atoms with Crippen molar-refractivity contribution in [2.24, 2.45) is 0 Å². The van der Waals surface area contributed by atoms with Gasteiger partial charge in [-0.2, -0.15) is 0 Å². The molecule has 2 unspecified atom stereocenters. The molecule has 0 N–H and O–H groups in total. The fraction of sp³-hybridized carbons (Fsp3) is 1.00. The van der Waals surface area contributed by atoms with E-state index in [0.29, 0.717) is 0 Å². The molecule has 0 amide bonds. The Morgan fingerprint density at radius 3 is 1.77 bits per heavy atom. The average Bonchev–Trinajstić information content (AvgIpc) is 2.93. The van der Waals surface area contributed by atoms with Gasteiger partial charge in [-0.25, -0.2) is 0 Å². The van der Waals surface area contributed by atoms with Gasteiger partial charge in [0.05, 0.1) is 0 Å². The first kappa shape index (κ1) is 8.28. The second kappa shape index (κ2) is 3.27. The molecule has 3 fully saturated rings. The lowest BCUT2D eigenvalue weighted by molar-refractivity contribution is 0.269. The fourth-order valence-corrected chi connectivity index (χ4v) is 3.67. The second-order valence-corrected chi connectivity index (χ2v) is 5.16. The van der Waals surface area contributed by atoms with Crippen LogP contribution in [-0.4, -0.2) is 23.0 Å². The van der Waals surface area contributed by atoms with E-state index in [4.69, 9.17) is 0 Å². The third-order valence-electron chi connectivity index (χ3n) is 4.37. The van der Waals surface area contributed by atoms with Gasteiger partial charge in [-0.3, -0.25) is 4.90 Å². The van der Waals surface area contributed by atoms with Crippen LogP contribution in [-0.2, 0) is 0 Å². The molecule has 13 heavy (non-hydrogen) atoms. The van der Waals surface area contributed by atoms with Crippen molar-refractivity contribution < 1.29 is 0 Å². The summed E-state index contributed by atoms with van der Waals surface area (Å²) in [5.74, 6) is 0. The van der Waals surface area contributed by atoms with Crippen molar-refractivity contribution in [2.75, 3.05) is 0 Å². The molecule has 1 saturated heterocycles. The maximum atomic E-state index is 2.87. The number of fused-ring (bicyclic) bond motifs is 1. The van der Waals surface area contributed by atoms with Gasteiger partial charge >= 0.3 is 0 Å². The van der Waals surface area contributed by atoms with Crippen LogP contribution in [0.3, 0.4) is 0 Å². The molecule has 1 heteroatoms. The highest BCUT2D eigenvalue weighted by Gasteiger charge is 2.51. The van der Waals surface area contributed by atoms with Crippen molar-refractivity contribution in [3.8, 4) is 0 Å². The Hall–Kier alpha value is -0.0400. The topological polar surface area (TPSA) is 3.01 Å². The van der Waals surface area contributed by atoms with E-state index in [0.717, 1.165) is 18.1 Å². The molecule has 0 radical (unpaired) electrons. The lowest BCUT2D eigenvalue weighted by Crippen LogP contribution is -2.24. The summed E-state index contributed by atoms with van der Waals surface area (Å²) in [4.78, 5) is 2.87. The first-order valence-electron chi connectivity index (χ1n) is 6.24. The van der Waals surface area contributed by atoms with Crippen LogP contribution in [0, 0.1) is 0 Å². The van der Waals surface area contributed by atoms with Crippen LogP contribution < -0.4 is 0 Å². The molecule has 0 aromatic carbocycles. The Labute approximate surface area is 81.5 Å². The summed E-state index contributed by atoms with van der Waals surface area (Å²) in [7, 11) is 0. The summed E-state index contributed by atoms with van der Waals surface area (Å²) < 4.78 is 0. The summed E-state index contributed by atoms with van der Waals surface area (Å²) in [5, 5.41) is 0. The van der Waals surface area contributed by atoms with Crippen molar-refractivity contribution in [1.82, 2.24) is 4.90 Å². The maximum Gasteiger partial charge on any atom is 0.0258 e. The molecule has 1 nitrogen and oxygen atoms in total. The van der Waals surface area contributed by atoms with E-state index in [2.05, 4.69) is 4.90 Å². The molecule has 1 heterocycles. The molecule has 2 saturated carbocycles. The third-order valence-corrected chi connectivity index (χ3v) is 4.37. The number of hydrogen-bond donors (Lipinski definition) is 0. The van der Waals surface area contributed by atoms with Gasteiger partial charge < -0.3 is 0 Å². The van der Waals surface area contributed by atoms with Crippen molar-refractivity contribution in [3.05, 3.63) is 0 Å². The molecule has 3 rings (SSSR count). The Bertz CT molecular complexity index is 172. The van der Waals surface area contributed by atoms with Crippen LogP contribution in [0.4, 0.5) is 0 Å². The van der Waals surface area contributed by atoms with Crippen LogP contribution in [0.15, 0.2) is 0 Å². The van der Waals surface area contributed by atoms with E-state index in [9.17, 15) is 0 Å². The lowest BCUT2D eigenvalue weighted by Gasteiger charge is -2.23. The van der Waals surface area contributed by atoms with E-state index in [1.54, 1.807) is 0 Å². The van der Waals surface area contributed by atoms with Crippen molar-refractivity contribution in [1.29, 1.82) is 0 Å². The number of nitrogens with zero attached hydrogens (tertiary/aromatic N) is 1. The first-order valence-corrected chi connectivity index (χ1v) is 6.24. The molecule has 0 aromatic heterocycles. The highest BCUT2D eigenvalue weighted by Crippen LogP contribution is 2.44. The van der Waals surface area contributed by atoms with Crippen LogP contribution in [0.1, 0.15) is 57.8 Å². The van der Waals surface area contributed by atoms with E-state index < -0.39 is 0 Å². The summed E-state index contributed by atoms with van der Waals surface area (Å²) in [6, 6.07) is 3.08. The minimum Gasteiger partial charge on any atom is -0.291 e. The second-order valence-electron chi connectivity index (χ2n) is 5.16. The zero-order valence-corrected chi connectivity index (χ0v) is 8.54. The quantitative estimate of drug-likeness (QED) is 0.559. The number of rotatable bonds is 1. The summed E-state index contributed by atoms with van der Waals surface area (Å²) >= 11 is 0. The van der Waals surface area contributed by atoms with Crippen LogP contribution >= 0.6 is 0 Å². The molecule has 0 bridgehead atoms. The van der Waals surface area contributed by atoms with Crippen LogP contribution in [0.25, 0.3) is 0 Å². The molecule has 1 aliphatic heterocycles. The van der Waals surface area contributed by atoms with E-state index in [1.165, 1.54) is 57.8 Å². The summed E-state index contributed by atoms with van der Waals surface area (Å²) in [6.07, 6.45) is 13.6. The minimum absolute atomic E-state index is 1.00. The summed E-state index contributed by atoms with van der Waals surface area (Å²) in [6.45, 7) is 0. The zero-order chi connectivity index (χ0) is 8.67. The number of hydrogen-bond acceptors (Lipinski definition) is 1. The Morgan fingerprint density at radius 2 is 1.15 bits per heavy atom. The molecule has 74 valence electrons. The fourth-order valence-electron chi connectivity index (χ4n) is 3.67. The highest BCUT2D eigenvalue weighted by molar-refractivity contribution is 5.07.